The maximum Gasteiger partial charge on any atom is 0.223 e. The first-order valence-corrected chi connectivity index (χ1v) is 11.8. The highest BCUT2D eigenvalue weighted by Gasteiger charge is 2.26. The van der Waals surface area contributed by atoms with E-state index in [2.05, 4.69) is 39.4 Å². The summed E-state index contributed by atoms with van der Waals surface area (Å²) in [7, 11) is 1.75. The number of hydrogen-bond acceptors (Lipinski definition) is 4. The van der Waals surface area contributed by atoms with E-state index in [0.717, 1.165) is 63.5 Å². The number of carbonyl (C=O) groups excluding carboxylic acids is 1. The second-order valence-electron chi connectivity index (χ2n) is 9.16. The third-order valence-electron chi connectivity index (χ3n) is 7.22. The van der Waals surface area contributed by atoms with Gasteiger partial charge in [-0.3, -0.25) is 9.69 Å². The second kappa shape index (κ2) is 10.3. The fourth-order valence-corrected chi connectivity index (χ4v) is 5.21. The largest absolute Gasteiger partial charge is 0.495 e. The first-order chi connectivity index (χ1) is 14.7. The average Bonchev–Trinajstić information content (AvgIpc) is 3.34. The van der Waals surface area contributed by atoms with E-state index in [-0.39, 0.29) is 11.8 Å². The molecule has 3 aliphatic rings. The number of nitrogens with zero attached hydrogens (tertiary/aromatic N) is 2. The van der Waals surface area contributed by atoms with Gasteiger partial charge in [0.25, 0.3) is 0 Å². The highest BCUT2D eigenvalue weighted by Crippen LogP contribution is 2.30. The fourth-order valence-electron chi connectivity index (χ4n) is 5.21. The van der Waals surface area contributed by atoms with Crippen LogP contribution in [0.2, 0.25) is 0 Å². The molecule has 30 heavy (non-hydrogen) atoms. The lowest BCUT2D eigenvalue weighted by Crippen LogP contribution is -2.47. The van der Waals surface area contributed by atoms with Gasteiger partial charge in [0.1, 0.15) is 5.75 Å². The van der Waals surface area contributed by atoms with Crippen LogP contribution in [-0.4, -0.2) is 56.7 Å². The molecule has 0 atom stereocenters. The Bertz CT molecular complexity index is 711. The van der Waals surface area contributed by atoms with Gasteiger partial charge in [-0.1, -0.05) is 24.3 Å². The van der Waals surface area contributed by atoms with Gasteiger partial charge in [-0.15, -0.1) is 0 Å². The SMILES string of the molecule is COc1ccccc1N1CCN(CC[C@H]2CC[C@H](NC(=O)C3CC=CC3)CC2)CC1. The number of allylic oxidation sites excluding steroid dienone is 2. The van der Waals surface area contributed by atoms with Crippen LogP contribution in [0.25, 0.3) is 0 Å². The van der Waals surface area contributed by atoms with Crippen LogP contribution in [0.3, 0.4) is 0 Å². The minimum absolute atomic E-state index is 0.192. The number of carbonyl (C=O) groups is 1. The van der Waals surface area contributed by atoms with Crippen LogP contribution < -0.4 is 15.0 Å². The van der Waals surface area contributed by atoms with Crippen molar-refractivity contribution >= 4 is 11.6 Å². The monoisotopic (exact) mass is 411 g/mol. The molecule has 0 unspecified atom stereocenters. The van der Waals surface area contributed by atoms with E-state index in [9.17, 15) is 4.79 Å². The van der Waals surface area contributed by atoms with Gasteiger partial charge in [0, 0.05) is 38.1 Å². The van der Waals surface area contributed by atoms with Crippen molar-refractivity contribution in [3.8, 4) is 5.75 Å². The summed E-state index contributed by atoms with van der Waals surface area (Å²) in [5, 5.41) is 3.31. The van der Waals surface area contributed by atoms with Crippen molar-refractivity contribution < 1.29 is 9.53 Å². The smallest absolute Gasteiger partial charge is 0.223 e. The number of hydrogen-bond donors (Lipinski definition) is 1. The molecule has 2 fully saturated rings. The lowest BCUT2D eigenvalue weighted by Gasteiger charge is -2.37. The zero-order chi connectivity index (χ0) is 20.8. The summed E-state index contributed by atoms with van der Waals surface area (Å²) in [5.41, 5.74) is 1.22. The molecule has 1 aromatic carbocycles. The maximum atomic E-state index is 12.3. The number of nitrogens with one attached hydrogen (secondary N) is 1. The lowest BCUT2D eigenvalue weighted by atomic mass is 9.83. The first-order valence-electron chi connectivity index (χ1n) is 11.8. The quantitative estimate of drug-likeness (QED) is 0.693. The van der Waals surface area contributed by atoms with Gasteiger partial charge in [0.05, 0.1) is 12.8 Å². The van der Waals surface area contributed by atoms with Gasteiger partial charge in [-0.2, -0.15) is 0 Å². The van der Waals surface area contributed by atoms with E-state index in [1.165, 1.54) is 31.5 Å². The fraction of sp³-hybridized carbons (Fsp3) is 0.640. The molecule has 1 saturated heterocycles. The molecule has 1 aliphatic heterocycles. The van der Waals surface area contributed by atoms with Gasteiger partial charge in [-0.05, 0) is 69.5 Å². The van der Waals surface area contributed by atoms with E-state index in [0.29, 0.717) is 6.04 Å². The number of methoxy groups -OCH3 is 1. The van der Waals surface area contributed by atoms with Crippen LogP contribution in [-0.2, 0) is 4.79 Å². The Labute approximate surface area is 181 Å². The molecular weight excluding hydrogens is 374 g/mol. The summed E-state index contributed by atoms with van der Waals surface area (Å²) < 4.78 is 5.53. The van der Waals surface area contributed by atoms with Crippen molar-refractivity contribution in [3.63, 3.8) is 0 Å². The third kappa shape index (κ3) is 5.37. The Kier molecular flexibility index (Phi) is 7.32. The number of ether oxygens (including phenoxy) is 1. The van der Waals surface area contributed by atoms with Gasteiger partial charge in [0.15, 0.2) is 0 Å². The minimum Gasteiger partial charge on any atom is -0.495 e. The first kappa shape index (κ1) is 21.2. The molecule has 1 saturated carbocycles. The highest BCUT2D eigenvalue weighted by atomic mass is 16.5. The van der Waals surface area contributed by atoms with Crippen LogP contribution >= 0.6 is 0 Å². The molecule has 0 radical (unpaired) electrons. The molecule has 5 heteroatoms. The number of para-hydroxylation sites is 2. The van der Waals surface area contributed by atoms with Crippen molar-refractivity contribution in [1.82, 2.24) is 10.2 Å². The predicted octanol–water partition coefficient (Wildman–Crippen LogP) is 3.85. The zero-order valence-electron chi connectivity index (χ0n) is 18.4. The van der Waals surface area contributed by atoms with Crippen molar-refractivity contribution in [2.45, 2.75) is 51.0 Å². The normalized spacial score (nSPS) is 25.4. The molecule has 1 amide bonds. The summed E-state index contributed by atoms with van der Waals surface area (Å²) in [6, 6.07) is 8.73. The Morgan fingerprint density at radius 1 is 1.03 bits per heavy atom. The van der Waals surface area contributed by atoms with Gasteiger partial charge in [0.2, 0.25) is 5.91 Å². The zero-order valence-corrected chi connectivity index (χ0v) is 18.4. The molecule has 4 rings (SSSR count). The lowest BCUT2D eigenvalue weighted by molar-refractivity contribution is -0.125. The Hall–Kier alpha value is -2.01. The topological polar surface area (TPSA) is 44.8 Å². The van der Waals surface area contributed by atoms with Crippen molar-refractivity contribution in [3.05, 3.63) is 36.4 Å². The summed E-state index contributed by atoms with van der Waals surface area (Å²) in [6.45, 7) is 5.58. The number of benzene rings is 1. The predicted molar refractivity (Wildman–Crippen MR) is 122 cm³/mol. The van der Waals surface area contributed by atoms with Gasteiger partial charge in [-0.25, -0.2) is 0 Å². The van der Waals surface area contributed by atoms with Crippen LogP contribution in [0.15, 0.2) is 36.4 Å². The van der Waals surface area contributed by atoms with Crippen LogP contribution in [0.1, 0.15) is 44.9 Å². The maximum absolute atomic E-state index is 12.3. The Balaban J connectivity index is 1.13. The van der Waals surface area contributed by atoms with Crippen molar-refractivity contribution in [1.29, 1.82) is 0 Å². The summed E-state index contributed by atoms with van der Waals surface area (Å²) in [4.78, 5) is 17.4. The summed E-state index contributed by atoms with van der Waals surface area (Å²) in [6.07, 6.45) is 12.2. The molecule has 0 aromatic heterocycles. The van der Waals surface area contributed by atoms with E-state index in [1.54, 1.807) is 7.11 Å². The average molecular weight is 412 g/mol. The van der Waals surface area contributed by atoms with E-state index in [4.69, 9.17) is 4.74 Å². The standard InChI is InChI=1S/C25H37N3O2/c1-30-24-9-5-4-8-23(24)28-18-16-27(17-19-28)15-14-20-10-12-22(13-11-20)26-25(29)21-6-2-3-7-21/h2-5,8-9,20-22H,6-7,10-19H2,1H3,(H,26,29)/t20-,22-. The molecule has 5 nitrogen and oxygen atoms in total. The van der Waals surface area contributed by atoms with Crippen LogP contribution in [0.5, 0.6) is 5.75 Å². The summed E-state index contributed by atoms with van der Waals surface area (Å²) >= 11 is 0. The molecule has 1 N–H and O–H groups in total. The van der Waals surface area contributed by atoms with E-state index in [1.807, 2.05) is 12.1 Å². The molecule has 0 bridgehead atoms. The van der Waals surface area contributed by atoms with Crippen molar-refractivity contribution in [2.75, 3.05) is 44.7 Å². The summed E-state index contributed by atoms with van der Waals surface area (Å²) in [5.74, 6) is 2.26. The van der Waals surface area contributed by atoms with E-state index < -0.39 is 0 Å². The van der Waals surface area contributed by atoms with Crippen molar-refractivity contribution in [2.24, 2.45) is 11.8 Å². The highest BCUT2D eigenvalue weighted by molar-refractivity contribution is 5.79. The molecule has 164 valence electrons. The Morgan fingerprint density at radius 3 is 2.43 bits per heavy atom. The molecule has 1 heterocycles. The number of anilines is 1. The molecule has 0 spiro atoms. The van der Waals surface area contributed by atoms with Gasteiger partial charge >= 0.3 is 0 Å². The number of rotatable bonds is 7. The molecule has 2 aliphatic carbocycles. The molecule has 1 aromatic rings. The second-order valence-corrected chi connectivity index (χ2v) is 9.16. The Morgan fingerprint density at radius 2 is 1.73 bits per heavy atom. The van der Waals surface area contributed by atoms with Gasteiger partial charge < -0.3 is 15.0 Å². The van der Waals surface area contributed by atoms with E-state index >= 15 is 0 Å². The minimum atomic E-state index is 0.192. The molecular formula is C25H37N3O2. The van der Waals surface area contributed by atoms with Crippen LogP contribution in [0.4, 0.5) is 5.69 Å². The number of piperazine rings is 1. The van der Waals surface area contributed by atoms with Crippen LogP contribution in [0, 0.1) is 11.8 Å². The number of amides is 1. The third-order valence-corrected chi connectivity index (χ3v) is 7.22.